The summed E-state index contributed by atoms with van der Waals surface area (Å²) in [7, 11) is 0. The molecule has 4 heteroatoms. The Bertz CT molecular complexity index is 455. The van der Waals surface area contributed by atoms with Gasteiger partial charge in [-0.05, 0) is 32.1 Å². The van der Waals surface area contributed by atoms with E-state index >= 15 is 0 Å². The average molecular weight is 350 g/mol. The van der Waals surface area contributed by atoms with Crippen LogP contribution in [-0.2, 0) is 14.3 Å². The fourth-order valence-corrected chi connectivity index (χ4v) is 4.96. The number of carbonyl (C=O) groups excluding carboxylic acids is 1. The van der Waals surface area contributed by atoms with E-state index in [0.717, 1.165) is 19.3 Å². The number of hydrogen-bond donors (Lipinski definition) is 1. The van der Waals surface area contributed by atoms with Crippen molar-refractivity contribution in [2.45, 2.75) is 83.0 Å². The molecule has 0 aromatic rings. The topological polar surface area (TPSA) is 55.8 Å². The number of ketones is 1. The lowest BCUT2D eigenvalue weighted by atomic mass is 9.76. The van der Waals surface area contributed by atoms with Crippen LogP contribution in [0.1, 0.15) is 64.7 Å². The molecule has 3 fully saturated rings. The lowest BCUT2D eigenvalue weighted by Gasteiger charge is -2.25. The molecule has 0 radical (unpaired) electrons. The third kappa shape index (κ3) is 5.15. The molecule has 5 atom stereocenters. The van der Waals surface area contributed by atoms with Gasteiger partial charge >= 0.3 is 0 Å². The van der Waals surface area contributed by atoms with Crippen LogP contribution < -0.4 is 0 Å². The second-order valence-electron chi connectivity index (χ2n) is 8.06. The molecule has 142 valence electrons. The molecule has 0 aromatic carbocycles. The zero-order chi connectivity index (χ0) is 17.6. The molecule has 0 spiro atoms. The summed E-state index contributed by atoms with van der Waals surface area (Å²) in [5.41, 5.74) is 0. The molecule has 0 aromatic heterocycles. The van der Waals surface area contributed by atoms with Crippen LogP contribution in [0.4, 0.5) is 0 Å². The summed E-state index contributed by atoms with van der Waals surface area (Å²) in [6.45, 7) is 3.14. The number of carbonyl (C=O) groups is 1. The second-order valence-corrected chi connectivity index (χ2v) is 8.06. The van der Waals surface area contributed by atoms with E-state index in [0.29, 0.717) is 32.0 Å². The number of rotatable bonds is 10. The van der Waals surface area contributed by atoms with Crippen LogP contribution in [-0.4, -0.2) is 42.4 Å². The highest BCUT2D eigenvalue weighted by molar-refractivity contribution is 5.78. The Hall–Kier alpha value is -0.710. The Labute approximate surface area is 152 Å². The van der Waals surface area contributed by atoms with Gasteiger partial charge in [0, 0.05) is 31.3 Å². The molecule has 3 aliphatic rings. The summed E-state index contributed by atoms with van der Waals surface area (Å²) in [5, 5.41) is 10.3. The van der Waals surface area contributed by atoms with Crippen molar-refractivity contribution in [3.63, 3.8) is 0 Å². The highest BCUT2D eigenvalue weighted by Gasteiger charge is 2.48. The molecule has 3 rings (SSSR count). The molecule has 2 heterocycles. The normalized spacial score (nSPS) is 33.5. The highest BCUT2D eigenvalue weighted by atomic mass is 16.5. The molecule has 1 saturated carbocycles. The van der Waals surface area contributed by atoms with Crippen molar-refractivity contribution in [3.05, 3.63) is 12.2 Å². The Kier molecular flexibility index (Phi) is 7.08. The van der Waals surface area contributed by atoms with Gasteiger partial charge in [-0.2, -0.15) is 0 Å². The van der Waals surface area contributed by atoms with Crippen LogP contribution in [0.15, 0.2) is 12.2 Å². The first-order valence-electron chi connectivity index (χ1n) is 10.3. The number of aliphatic hydroxyl groups is 1. The van der Waals surface area contributed by atoms with E-state index in [1.807, 2.05) is 13.0 Å². The van der Waals surface area contributed by atoms with E-state index in [1.54, 1.807) is 0 Å². The van der Waals surface area contributed by atoms with Gasteiger partial charge in [0.15, 0.2) is 0 Å². The maximum atomic E-state index is 12.3. The molecule has 1 aliphatic carbocycles. The van der Waals surface area contributed by atoms with Crippen LogP contribution in [0.3, 0.4) is 0 Å². The number of hydrogen-bond acceptors (Lipinski definition) is 4. The Balaban J connectivity index is 1.51. The zero-order valence-corrected chi connectivity index (χ0v) is 15.6. The number of Topliss-reactive ketones (excluding diaryl/α,β-unsaturated/α-hetero) is 1. The van der Waals surface area contributed by atoms with Crippen molar-refractivity contribution in [3.8, 4) is 0 Å². The van der Waals surface area contributed by atoms with Crippen molar-refractivity contribution in [1.29, 1.82) is 0 Å². The molecule has 1 N–H and O–H groups in total. The highest BCUT2D eigenvalue weighted by Crippen LogP contribution is 2.46. The first-order chi connectivity index (χ1) is 12.2. The largest absolute Gasteiger partial charge is 0.389 e. The van der Waals surface area contributed by atoms with E-state index in [-0.39, 0.29) is 35.9 Å². The fraction of sp³-hybridized carbons (Fsp3) is 0.857. The van der Waals surface area contributed by atoms with Crippen LogP contribution >= 0.6 is 0 Å². The second kappa shape index (κ2) is 9.29. The third-order valence-electron chi connectivity index (χ3n) is 6.28. The summed E-state index contributed by atoms with van der Waals surface area (Å²) in [6.07, 6.45) is 13.5. The summed E-state index contributed by atoms with van der Waals surface area (Å²) in [6, 6.07) is 0. The van der Waals surface area contributed by atoms with Crippen LogP contribution in [0.2, 0.25) is 0 Å². The fourth-order valence-electron chi connectivity index (χ4n) is 4.96. The van der Waals surface area contributed by atoms with Gasteiger partial charge in [0.2, 0.25) is 0 Å². The van der Waals surface area contributed by atoms with Crippen molar-refractivity contribution in [2.75, 3.05) is 13.2 Å². The van der Waals surface area contributed by atoms with Crippen molar-refractivity contribution < 1.29 is 19.4 Å². The lowest BCUT2D eigenvalue weighted by Crippen LogP contribution is -2.28. The van der Waals surface area contributed by atoms with Gasteiger partial charge in [0.05, 0.1) is 24.9 Å². The summed E-state index contributed by atoms with van der Waals surface area (Å²) in [5.74, 6) is 1.53. The molecular weight excluding hydrogens is 316 g/mol. The van der Waals surface area contributed by atoms with E-state index in [4.69, 9.17) is 9.47 Å². The van der Waals surface area contributed by atoms with E-state index in [9.17, 15) is 9.90 Å². The van der Waals surface area contributed by atoms with Gasteiger partial charge in [-0.3, -0.25) is 4.79 Å². The third-order valence-corrected chi connectivity index (χ3v) is 6.28. The minimum Gasteiger partial charge on any atom is -0.389 e. The van der Waals surface area contributed by atoms with Gasteiger partial charge in [-0.15, -0.1) is 0 Å². The maximum Gasteiger partial charge on any atom is 0.135 e. The SMILES string of the molecule is CCOCCC(=O)C[C@@H]1[C@H](C=CC(O)CC2CCCC2)[C@@H]2CC[C@H]1O2. The average Bonchev–Trinajstić information content (AvgIpc) is 3.31. The smallest absolute Gasteiger partial charge is 0.135 e. The lowest BCUT2D eigenvalue weighted by molar-refractivity contribution is -0.121. The van der Waals surface area contributed by atoms with E-state index in [1.165, 1.54) is 25.7 Å². The van der Waals surface area contributed by atoms with Crippen molar-refractivity contribution >= 4 is 5.78 Å². The minimum absolute atomic E-state index is 0.225. The molecule has 2 saturated heterocycles. The van der Waals surface area contributed by atoms with Crippen molar-refractivity contribution in [1.82, 2.24) is 0 Å². The summed E-state index contributed by atoms with van der Waals surface area (Å²) < 4.78 is 11.4. The standard InChI is InChI=1S/C21H34O4/c1-2-24-12-11-17(23)14-19-18(20-9-10-21(19)25-20)8-7-16(22)13-15-5-3-4-6-15/h7-8,15-16,18-22H,2-6,9-14H2,1H3/t16?,18-,19+,20-,21+/m0/s1. The number of fused-ring (bicyclic) bond motifs is 2. The van der Waals surface area contributed by atoms with Crippen molar-refractivity contribution in [2.24, 2.45) is 17.8 Å². The Morgan fingerprint density at radius 3 is 2.76 bits per heavy atom. The zero-order valence-electron chi connectivity index (χ0n) is 15.6. The van der Waals surface area contributed by atoms with Gasteiger partial charge in [0.1, 0.15) is 5.78 Å². The molecular formula is C21H34O4. The molecule has 4 nitrogen and oxygen atoms in total. The molecule has 1 unspecified atom stereocenters. The predicted octanol–water partition coefficient (Wildman–Crippen LogP) is 3.66. The first kappa shape index (κ1) is 19.1. The van der Waals surface area contributed by atoms with Crippen LogP contribution in [0.5, 0.6) is 0 Å². The Morgan fingerprint density at radius 2 is 2.00 bits per heavy atom. The monoisotopic (exact) mass is 350 g/mol. The first-order valence-corrected chi connectivity index (χ1v) is 10.3. The number of ether oxygens (including phenoxy) is 2. The molecule has 2 bridgehead atoms. The number of aliphatic hydroxyl groups excluding tert-OH is 1. The van der Waals surface area contributed by atoms with Gasteiger partial charge in [-0.1, -0.05) is 37.8 Å². The van der Waals surface area contributed by atoms with Gasteiger partial charge < -0.3 is 14.6 Å². The quantitative estimate of drug-likeness (QED) is 0.482. The Morgan fingerprint density at radius 1 is 1.24 bits per heavy atom. The van der Waals surface area contributed by atoms with E-state index in [2.05, 4.69) is 6.08 Å². The minimum atomic E-state index is -0.350. The predicted molar refractivity (Wildman–Crippen MR) is 97.3 cm³/mol. The molecule has 0 amide bonds. The van der Waals surface area contributed by atoms with Crippen LogP contribution in [0, 0.1) is 17.8 Å². The maximum absolute atomic E-state index is 12.3. The summed E-state index contributed by atoms with van der Waals surface area (Å²) >= 11 is 0. The van der Waals surface area contributed by atoms with Gasteiger partial charge in [-0.25, -0.2) is 0 Å². The van der Waals surface area contributed by atoms with E-state index < -0.39 is 0 Å². The molecule has 25 heavy (non-hydrogen) atoms. The van der Waals surface area contributed by atoms with Crippen LogP contribution in [0.25, 0.3) is 0 Å². The summed E-state index contributed by atoms with van der Waals surface area (Å²) in [4.78, 5) is 12.3. The van der Waals surface area contributed by atoms with Gasteiger partial charge in [0.25, 0.3) is 0 Å². The molecule has 2 aliphatic heterocycles.